The minimum atomic E-state index is -1.64. The Bertz CT molecular complexity index is 377. The molecule has 6 nitrogen and oxygen atoms in total. The van der Waals surface area contributed by atoms with Crippen molar-refractivity contribution in [2.75, 3.05) is 0 Å². The molecule has 0 bridgehead atoms. The fourth-order valence-electron chi connectivity index (χ4n) is 0.853. The molecule has 0 aliphatic carbocycles. The maximum absolute atomic E-state index is 10.4. The number of furan rings is 1. The normalized spacial score (nSPS) is 14.4. The summed E-state index contributed by atoms with van der Waals surface area (Å²) in [5.41, 5.74) is 0. The van der Waals surface area contributed by atoms with E-state index in [1.165, 1.54) is 12.1 Å². The van der Waals surface area contributed by atoms with Gasteiger partial charge in [0, 0.05) is 0 Å². The lowest BCUT2D eigenvalue weighted by atomic mass is 10.2. The molecule has 2 unspecified atom stereocenters. The molecule has 0 saturated heterocycles. The topological polar surface area (TPSA) is 115 Å². The van der Waals surface area contributed by atoms with Gasteiger partial charge in [-0.15, -0.1) is 0 Å². The average molecular weight is 197 g/mol. The first-order valence-electron chi connectivity index (χ1n) is 3.65. The number of aliphatic hydroxyl groups excluding tert-OH is 2. The summed E-state index contributed by atoms with van der Waals surface area (Å²) in [5.74, 6) is -1.80. The van der Waals surface area contributed by atoms with Crippen molar-refractivity contribution in [1.82, 2.24) is 0 Å². The predicted molar refractivity (Wildman–Crippen MR) is 42.2 cm³/mol. The molecule has 1 heterocycles. The van der Waals surface area contributed by atoms with E-state index in [-0.39, 0.29) is 11.5 Å². The number of carboxylic acids is 1. The molecule has 1 aromatic rings. The van der Waals surface area contributed by atoms with Crippen LogP contribution in [0.2, 0.25) is 0 Å². The third-order valence-electron chi connectivity index (χ3n) is 1.56. The maximum Gasteiger partial charge on any atom is 0.371 e. The first-order chi connectivity index (χ1) is 6.56. The first kappa shape index (κ1) is 10.2. The summed E-state index contributed by atoms with van der Waals surface area (Å²) in [7, 11) is 0. The number of aliphatic hydroxyl groups is 2. The quantitative estimate of drug-likeness (QED) is 0.582. The summed E-state index contributed by atoms with van der Waals surface area (Å²) in [6.07, 6.45) is -3.17. The van der Waals surface area contributed by atoms with Gasteiger partial charge in [-0.05, 0) is 12.1 Å². The number of carbonyl (C=O) groups is 1. The second-order valence-corrected chi connectivity index (χ2v) is 2.53. The Morgan fingerprint density at radius 3 is 2.57 bits per heavy atom. The van der Waals surface area contributed by atoms with Gasteiger partial charge in [-0.2, -0.15) is 5.26 Å². The third-order valence-corrected chi connectivity index (χ3v) is 1.56. The number of aromatic carboxylic acids is 1. The molecule has 2 atom stereocenters. The molecular formula is C8H7NO5. The lowest BCUT2D eigenvalue weighted by Crippen LogP contribution is -2.14. The van der Waals surface area contributed by atoms with Crippen LogP contribution < -0.4 is 0 Å². The fraction of sp³-hybridized carbons (Fsp3) is 0.250. The van der Waals surface area contributed by atoms with Gasteiger partial charge in [-0.1, -0.05) is 0 Å². The molecular weight excluding hydrogens is 190 g/mol. The van der Waals surface area contributed by atoms with Crippen LogP contribution in [-0.2, 0) is 0 Å². The monoisotopic (exact) mass is 197 g/mol. The Balaban J connectivity index is 2.87. The van der Waals surface area contributed by atoms with Gasteiger partial charge in [-0.3, -0.25) is 0 Å². The Labute approximate surface area is 78.6 Å². The van der Waals surface area contributed by atoms with Crippen molar-refractivity contribution in [3.8, 4) is 6.07 Å². The number of hydrogen-bond acceptors (Lipinski definition) is 5. The maximum atomic E-state index is 10.4. The largest absolute Gasteiger partial charge is 0.475 e. The van der Waals surface area contributed by atoms with Crippen molar-refractivity contribution in [2.45, 2.75) is 12.2 Å². The van der Waals surface area contributed by atoms with E-state index in [0.29, 0.717) is 0 Å². The van der Waals surface area contributed by atoms with E-state index in [0.717, 1.165) is 6.07 Å². The molecule has 0 aliphatic rings. The zero-order chi connectivity index (χ0) is 10.7. The summed E-state index contributed by atoms with van der Waals surface area (Å²) in [6.45, 7) is 0. The Morgan fingerprint density at radius 1 is 1.50 bits per heavy atom. The smallest absolute Gasteiger partial charge is 0.371 e. The van der Waals surface area contributed by atoms with Crippen LogP contribution in [0.15, 0.2) is 16.5 Å². The number of nitriles is 1. The molecule has 0 radical (unpaired) electrons. The first-order valence-corrected chi connectivity index (χ1v) is 3.65. The van der Waals surface area contributed by atoms with Crippen LogP contribution >= 0.6 is 0 Å². The number of nitrogens with zero attached hydrogens (tertiary/aromatic N) is 1. The lowest BCUT2D eigenvalue weighted by molar-refractivity contribution is 0.0354. The minimum absolute atomic E-state index is 0.156. The molecule has 0 saturated carbocycles. The van der Waals surface area contributed by atoms with Crippen molar-refractivity contribution in [2.24, 2.45) is 0 Å². The van der Waals surface area contributed by atoms with Gasteiger partial charge in [-0.25, -0.2) is 4.79 Å². The molecule has 6 heteroatoms. The zero-order valence-corrected chi connectivity index (χ0v) is 6.91. The number of rotatable bonds is 3. The van der Waals surface area contributed by atoms with Crippen molar-refractivity contribution in [1.29, 1.82) is 5.26 Å². The molecule has 14 heavy (non-hydrogen) atoms. The molecule has 3 N–H and O–H groups in total. The molecule has 1 aromatic heterocycles. The van der Waals surface area contributed by atoms with E-state index in [9.17, 15) is 9.90 Å². The van der Waals surface area contributed by atoms with Gasteiger partial charge in [0.1, 0.15) is 5.76 Å². The summed E-state index contributed by atoms with van der Waals surface area (Å²) in [4.78, 5) is 10.4. The third kappa shape index (κ3) is 1.90. The SMILES string of the molecule is N#CC(O)C(O)c1ccc(C(=O)O)o1. The summed E-state index contributed by atoms with van der Waals surface area (Å²) >= 11 is 0. The van der Waals surface area contributed by atoms with E-state index in [1.807, 2.05) is 0 Å². The number of carboxylic acid groups (broad SMARTS) is 1. The second-order valence-electron chi connectivity index (χ2n) is 2.53. The molecule has 0 fully saturated rings. The predicted octanol–water partition coefficient (Wildman–Crippen LogP) is -0.104. The van der Waals surface area contributed by atoms with E-state index in [2.05, 4.69) is 4.42 Å². The molecule has 0 aromatic carbocycles. The summed E-state index contributed by atoms with van der Waals surface area (Å²) in [6, 6.07) is 3.72. The highest BCUT2D eigenvalue weighted by Gasteiger charge is 2.22. The average Bonchev–Trinajstić information content (AvgIpc) is 2.64. The molecule has 0 amide bonds. The lowest BCUT2D eigenvalue weighted by Gasteiger charge is -2.07. The van der Waals surface area contributed by atoms with Crippen LogP contribution in [0, 0.1) is 11.3 Å². The van der Waals surface area contributed by atoms with E-state index in [4.69, 9.17) is 15.5 Å². The Morgan fingerprint density at radius 2 is 2.14 bits per heavy atom. The Hall–Kier alpha value is -1.84. The standard InChI is InChI=1S/C8H7NO5/c9-3-4(10)7(11)5-1-2-6(14-5)8(12)13/h1-2,4,7,10-11H,(H,12,13). The van der Waals surface area contributed by atoms with Gasteiger partial charge in [0.15, 0.2) is 12.2 Å². The van der Waals surface area contributed by atoms with Crippen LogP contribution in [0.1, 0.15) is 22.4 Å². The highest BCUT2D eigenvalue weighted by atomic mass is 16.4. The minimum Gasteiger partial charge on any atom is -0.475 e. The van der Waals surface area contributed by atoms with Crippen molar-refractivity contribution >= 4 is 5.97 Å². The van der Waals surface area contributed by atoms with Crippen LogP contribution in [0.4, 0.5) is 0 Å². The van der Waals surface area contributed by atoms with Gasteiger partial charge < -0.3 is 19.7 Å². The molecule has 1 rings (SSSR count). The van der Waals surface area contributed by atoms with E-state index >= 15 is 0 Å². The van der Waals surface area contributed by atoms with E-state index in [1.54, 1.807) is 0 Å². The van der Waals surface area contributed by atoms with Gasteiger partial charge in [0.05, 0.1) is 6.07 Å². The van der Waals surface area contributed by atoms with Crippen LogP contribution in [-0.4, -0.2) is 27.4 Å². The van der Waals surface area contributed by atoms with Crippen molar-refractivity contribution in [3.63, 3.8) is 0 Å². The second kappa shape index (κ2) is 3.91. The van der Waals surface area contributed by atoms with E-state index < -0.39 is 18.2 Å². The highest BCUT2D eigenvalue weighted by molar-refractivity contribution is 5.84. The van der Waals surface area contributed by atoms with Crippen molar-refractivity contribution in [3.05, 3.63) is 23.7 Å². The molecule has 74 valence electrons. The van der Waals surface area contributed by atoms with Gasteiger partial charge in [0.25, 0.3) is 0 Å². The highest BCUT2D eigenvalue weighted by Crippen LogP contribution is 2.19. The van der Waals surface area contributed by atoms with Crippen molar-refractivity contribution < 1.29 is 24.5 Å². The molecule has 0 spiro atoms. The fourth-order valence-corrected chi connectivity index (χ4v) is 0.853. The molecule has 0 aliphatic heterocycles. The van der Waals surface area contributed by atoms with Crippen LogP contribution in [0.3, 0.4) is 0 Å². The summed E-state index contributed by atoms with van der Waals surface area (Å²) < 4.78 is 4.67. The van der Waals surface area contributed by atoms with Gasteiger partial charge >= 0.3 is 5.97 Å². The number of hydrogen-bond donors (Lipinski definition) is 3. The van der Waals surface area contributed by atoms with Gasteiger partial charge in [0.2, 0.25) is 5.76 Å². The Kier molecular flexibility index (Phi) is 2.86. The van der Waals surface area contributed by atoms with Crippen LogP contribution in [0.25, 0.3) is 0 Å². The zero-order valence-electron chi connectivity index (χ0n) is 6.91. The summed E-state index contributed by atoms with van der Waals surface area (Å²) in [5, 5.41) is 34.9. The van der Waals surface area contributed by atoms with Crippen LogP contribution in [0.5, 0.6) is 0 Å².